The molecule has 7 heteroatoms. The molecule has 19 heavy (non-hydrogen) atoms. The van der Waals surface area contributed by atoms with Crippen LogP contribution < -0.4 is 16.0 Å². The van der Waals surface area contributed by atoms with E-state index in [1.807, 2.05) is 11.8 Å². The van der Waals surface area contributed by atoms with Gasteiger partial charge in [-0.1, -0.05) is 0 Å². The van der Waals surface area contributed by atoms with Crippen molar-refractivity contribution in [2.45, 2.75) is 32.2 Å². The van der Waals surface area contributed by atoms with E-state index in [9.17, 15) is 4.79 Å². The number of hydrogen-bond donors (Lipinski definition) is 3. The van der Waals surface area contributed by atoms with E-state index in [1.165, 1.54) is 11.5 Å². The largest absolute Gasteiger partial charge is 0.396 e. The zero-order valence-corrected chi connectivity index (χ0v) is 11.9. The summed E-state index contributed by atoms with van der Waals surface area (Å²) < 4.78 is 4.10. The Kier molecular flexibility index (Phi) is 4.60. The van der Waals surface area contributed by atoms with Crippen molar-refractivity contribution in [3.05, 3.63) is 5.56 Å². The van der Waals surface area contributed by atoms with Crippen LogP contribution in [0, 0.1) is 0 Å². The van der Waals surface area contributed by atoms with Crippen molar-refractivity contribution in [3.63, 3.8) is 0 Å². The molecular weight excluding hydrogens is 264 g/mol. The summed E-state index contributed by atoms with van der Waals surface area (Å²) in [5, 5.41) is 12.7. The van der Waals surface area contributed by atoms with Gasteiger partial charge in [-0.15, -0.1) is 0 Å². The smallest absolute Gasteiger partial charge is 0.258 e. The van der Waals surface area contributed by atoms with Gasteiger partial charge in [0.1, 0.15) is 10.6 Å². The Hall–Kier alpha value is -1.34. The van der Waals surface area contributed by atoms with Crippen LogP contribution in [0.3, 0.4) is 0 Å². The minimum absolute atomic E-state index is 0.133. The fourth-order valence-electron chi connectivity index (χ4n) is 1.87. The van der Waals surface area contributed by atoms with Gasteiger partial charge in [0.25, 0.3) is 5.91 Å². The Morgan fingerprint density at radius 2 is 2.37 bits per heavy atom. The Balaban J connectivity index is 2.16. The highest BCUT2D eigenvalue weighted by molar-refractivity contribution is 7.11. The van der Waals surface area contributed by atoms with Crippen LogP contribution >= 0.6 is 11.5 Å². The molecule has 1 heterocycles. The molecule has 0 spiro atoms. The number of aliphatic hydroxyl groups excluding tert-OH is 1. The highest BCUT2D eigenvalue weighted by Crippen LogP contribution is 2.31. The second-order valence-corrected chi connectivity index (χ2v) is 5.40. The van der Waals surface area contributed by atoms with E-state index in [1.54, 1.807) is 0 Å². The first-order valence-corrected chi connectivity index (χ1v) is 7.36. The predicted molar refractivity (Wildman–Crippen MR) is 76.6 cm³/mol. The first-order chi connectivity index (χ1) is 9.17. The average Bonchev–Trinajstić information content (AvgIpc) is 3.12. The summed E-state index contributed by atoms with van der Waals surface area (Å²) in [6, 6.07) is 0.298. The summed E-state index contributed by atoms with van der Waals surface area (Å²) in [6.07, 6.45) is 2.75. The zero-order chi connectivity index (χ0) is 13.8. The molecule has 1 amide bonds. The Bertz CT molecular complexity index is 445. The van der Waals surface area contributed by atoms with Gasteiger partial charge in [0, 0.05) is 25.7 Å². The van der Waals surface area contributed by atoms with Gasteiger partial charge in [-0.25, -0.2) is 0 Å². The number of hydrogen-bond acceptors (Lipinski definition) is 6. The number of nitrogens with two attached hydrogens (primary N) is 1. The quantitative estimate of drug-likeness (QED) is 0.689. The average molecular weight is 284 g/mol. The third-order valence-electron chi connectivity index (χ3n) is 3.10. The van der Waals surface area contributed by atoms with Gasteiger partial charge < -0.3 is 21.1 Å². The highest BCUT2D eigenvalue weighted by Gasteiger charge is 2.28. The first-order valence-electron chi connectivity index (χ1n) is 6.59. The van der Waals surface area contributed by atoms with Gasteiger partial charge in [0.2, 0.25) is 0 Å². The normalized spacial score (nSPS) is 14.4. The molecule has 1 fully saturated rings. The summed E-state index contributed by atoms with van der Waals surface area (Å²) in [5.41, 5.74) is 6.31. The van der Waals surface area contributed by atoms with Crippen LogP contribution in [0.25, 0.3) is 0 Å². The van der Waals surface area contributed by atoms with E-state index in [0.717, 1.165) is 24.4 Å². The molecule has 1 aromatic rings. The Morgan fingerprint density at radius 1 is 1.63 bits per heavy atom. The molecule has 0 aliphatic heterocycles. The van der Waals surface area contributed by atoms with E-state index in [2.05, 4.69) is 9.69 Å². The third kappa shape index (κ3) is 3.36. The maximum Gasteiger partial charge on any atom is 0.258 e. The van der Waals surface area contributed by atoms with Crippen molar-refractivity contribution in [2.75, 3.05) is 30.3 Å². The van der Waals surface area contributed by atoms with Crippen molar-refractivity contribution in [2.24, 2.45) is 0 Å². The number of anilines is 2. The van der Waals surface area contributed by atoms with Crippen molar-refractivity contribution in [1.29, 1.82) is 0 Å². The van der Waals surface area contributed by atoms with E-state index < -0.39 is 0 Å². The number of aromatic nitrogens is 1. The number of carbonyl (C=O) groups is 1. The lowest BCUT2D eigenvalue weighted by Crippen LogP contribution is -2.30. The van der Waals surface area contributed by atoms with Gasteiger partial charge >= 0.3 is 0 Å². The number of aliphatic hydroxyl groups is 1. The number of nitrogens with one attached hydrogen (secondary N) is 1. The number of nitrogens with zero attached hydrogens (tertiary/aromatic N) is 2. The molecule has 1 aromatic heterocycles. The van der Waals surface area contributed by atoms with Gasteiger partial charge in [-0.2, -0.15) is 4.37 Å². The summed E-state index contributed by atoms with van der Waals surface area (Å²) in [4.78, 5) is 14.2. The minimum atomic E-state index is -0.133. The molecule has 2 rings (SSSR count). The lowest BCUT2D eigenvalue weighted by molar-refractivity contribution is 0.0952. The fourth-order valence-corrected chi connectivity index (χ4v) is 2.77. The SMILES string of the molecule is CCN(CCCO)c1snc(N)c1C(=O)NC1CC1. The van der Waals surface area contributed by atoms with Crippen LogP contribution in [0.15, 0.2) is 0 Å². The maximum absolute atomic E-state index is 12.2. The molecule has 0 aromatic carbocycles. The van der Waals surface area contributed by atoms with Crippen LogP contribution in [0.4, 0.5) is 10.8 Å². The van der Waals surface area contributed by atoms with Crippen LogP contribution in [0.5, 0.6) is 0 Å². The molecular formula is C12H20N4O2S. The number of rotatable bonds is 7. The Morgan fingerprint density at radius 3 is 2.95 bits per heavy atom. The topological polar surface area (TPSA) is 91.5 Å². The van der Waals surface area contributed by atoms with E-state index >= 15 is 0 Å². The molecule has 0 saturated heterocycles. The summed E-state index contributed by atoms with van der Waals surface area (Å²) in [5.74, 6) is 0.159. The fraction of sp³-hybridized carbons (Fsp3) is 0.667. The van der Waals surface area contributed by atoms with E-state index in [0.29, 0.717) is 30.4 Å². The molecule has 0 radical (unpaired) electrons. The summed E-state index contributed by atoms with van der Waals surface area (Å²) in [7, 11) is 0. The standard InChI is InChI=1S/C12H20N4O2S/c1-2-16(6-3-7-17)12-9(10(13)15-19-12)11(18)14-8-4-5-8/h8,17H,2-7H2,1H3,(H2,13,15)(H,14,18). The van der Waals surface area contributed by atoms with Gasteiger partial charge in [0.05, 0.1) is 0 Å². The monoisotopic (exact) mass is 284 g/mol. The van der Waals surface area contributed by atoms with Crippen molar-refractivity contribution in [1.82, 2.24) is 9.69 Å². The summed E-state index contributed by atoms with van der Waals surface area (Å²) in [6.45, 7) is 3.59. The number of nitrogen functional groups attached to an aromatic ring is 1. The second kappa shape index (κ2) is 6.21. The minimum Gasteiger partial charge on any atom is -0.396 e. The van der Waals surface area contributed by atoms with E-state index in [4.69, 9.17) is 10.8 Å². The summed E-state index contributed by atoms with van der Waals surface area (Å²) >= 11 is 1.24. The molecule has 0 bridgehead atoms. The van der Waals surface area contributed by atoms with Crippen molar-refractivity contribution < 1.29 is 9.90 Å². The first kappa shape index (κ1) is 14.1. The molecule has 6 nitrogen and oxygen atoms in total. The van der Waals surface area contributed by atoms with Crippen molar-refractivity contribution in [3.8, 4) is 0 Å². The van der Waals surface area contributed by atoms with Crippen LogP contribution in [0.1, 0.15) is 36.5 Å². The van der Waals surface area contributed by atoms with Gasteiger partial charge in [-0.05, 0) is 37.7 Å². The Labute approximate surface area is 116 Å². The molecule has 0 unspecified atom stereocenters. The molecule has 1 saturated carbocycles. The third-order valence-corrected chi connectivity index (χ3v) is 4.02. The zero-order valence-electron chi connectivity index (χ0n) is 11.1. The second-order valence-electron chi connectivity index (χ2n) is 4.65. The van der Waals surface area contributed by atoms with Crippen LogP contribution in [0.2, 0.25) is 0 Å². The predicted octanol–water partition coefficient (Wildman–Crippen LogP) is 0.826. The molecule has 0 atom stereocenters. The van der Waals surface area contributed by atoms with Gasteiger partial charge in [-0.3, -0.25) is 4.79 Å². The lowest BCUT2D eigenvalue weighted by Gasteiger charge is -2.21. The van der Waals surface area contributed by atoms with Crippen LogP contribution in [-0.4, -0.2) is 41.1 Å². The number of amides is 1. The molecule has 4 N–H and O–H groups in total. The van der Waals surface area contributed by atoms with E-state index in [-0.39, 0.29) is 12.5 Å². The van der Waals surface area contributed by atoms with Crippen LogP contribution in [-0.2, 0) is 0 Å². The maximum atomic E-state index is 12.2. The highest BCUT2D eigenvalue weighted by atomic mass is 32.1. The van der Waals surface area contributed by atoms with Crippen molar-refractivity contribution >= 4 is 28.3 Å². The molecule has 1 aliphatic rings. The van der Waals surface area contributed by atoms with Gasteiger partial charge in [0.15, 0.2) is 5.82 Å². The molecule has 106 valence electrons. The number of carbonyl (C=O) groups excluding carboxylic acids is 1. The molecule has 1 aliphatic carbocycles. The lowest BCUT2D eigenvalue weighted by atomic mass is 10.2.